The zero-order valence-corrected chi connectivity index (χ0v) is 14.9. The predicted octanol–water partition coefficient (Wildman–Crippen LogP) is 4.66. The highest BCUT2D eigenvalue weighted by Gasteiger charge is 2.23. The largest absolute Gasteiger partial charge is 0.465 e. The van der Waals surface area contributed by atoms with Crippen LogP contribution < -0.4 is 5.32 Å². The third-order valence-corrected chi connectivity index (χ3v) is 4.87. The lowest BCUT2D eigenvalue weighted by Crippen LogP contribution is -2.13. The van der Waals surface area contributed by atoms with Gasteiger partial charge in [0.25, 0.3) is 5.91 Å². The van der Waals surface area contributed by atoms with Crippen LogP contribution in [0.15, 0.2) is 46.4 Å². The van der Waals surface area contributed by atoms with Gasteiger partial charge in [-0.15, -0.1) is 11.3 Å². The van der Waals surface area contributed by atoms with Crippen LogP contribution in [0.2, 0.25) is 0 Å². The fourth-order valence-corrected chi connectivity index (χ4v) is 3.40. The summed E-state index contributed by atoms with van der Waals surface area (Å²) in [6.45, 7) is 4.05. The predicted molar refractivity (Wildman–Crippen MR) is 97.2 cm³/mol. The van der Waals surface area contributed by atoms with E-state index in [4.69, 9.17) is 9.15 Å². The van der Waals surface area contributed by atoms with E-state index in [1.54, 1.807) is 12.1 Å². The van der Waals surface area contributed by atoms with Crippen LogP contribution in [0.25, 0.3) is 11.1 Å². The lowest BCUT2D eigenvalue weighted by atomic mass is 9.99. The van der Waals surface area contributed by atoms with E-state index in [-0.39, 0.29) is 5.76 Å². The fraction of sp³-hybridized carbons (Fsp3) is 0.158. The Kier molecular flexibility index (Phi) is 4.72. The molecule has 1 aromatic carbocycles. The Balaban J connectivity index is 2.02. The number of anilines is 1. The second-order valence-electron chi connectivity index (χ2n) is 5.58. The van der Waals surface area contributed by atoms with E-state index in [1.807, 2.05) is 37.4 Å². The molecule has 5 nitrogen and oxygen atoms in total. The molecule has 2 aromatic heterocycles. The Labute approximate surface area is 149 Å². The molecule has 0 unspecified atom stereocenters. The third-order valence-electron chi connectivity index (χ3n) is 3.97. The van der Waals surface area contributed by atoms with E-state index in [1.165, 1.54) is 30.3 Å². The molecule has 0 radical (unpaired) electrons. The van der Waals surface area contributed by atoms with Crippen molar-refractivity contribution < 1.29 is 18.7 Å². The van der Waals surface area contributed by atoms with Gasteiger partial charge in [0.2, 0.25) is 0 Å². The molecule has 2 heterocycles. The average Bonchev–Trinajstić information content (AvgIpc) is 3.26. The molecule has 0 aliphatic rings. The summed E-state index contributed by atoms with van der Waals surface area (Å²) in [5.74, 6) is -0.732. The van der Waals surface area contributed by atoms with Crippen molar-refractivity contribution in [2.75, 3.05) is 12.4 Å². The van der Waals surface area contributed by atoms with Crippen molar-refractivity contribution in [3.05, 3.63) is 64.4 Å². The van der Waals surface area contributed by atoms with Gasteiger partial charge in [-0.05, 0) is 42.7 Å². The number of nitrogens with one attached hydrogen (secondary N) is 1. The summed E-state index contributed by atoms with van der Waals surface area (Å²) in [6, 6.07) is 9.16. The van der Waals surface area contributed by atoms with E-state index in [9.17, 15) is 9.59 Å². The van der Waals surface area contributed by atoms with Gasteiger partial charge >= 0.3 is 5.97 Å². The number of carbonyl (C=O) groups excluding carboxylic acids is 2. The van der Waals surface area contributed by atoms with E-state index in [2.05, 4.69) is 5.32 Å². The Morgan fingerprint density at radius 2 is 1.96 bits per heavy atom. The Bertz CT molecular complexity index is 925. The number of hydrogen-bond donors (Lipinski definition) is 1. The quantitative estimate of drug-likeness (QED) is 0.691. The van der Waals surface area contributed by atoms with Gasteiger partial charge in [-0.2, -0.15) is 0 Å². The minimum absolute atomic E-state index is 0.178. The minimum atomic E-state index is -0.496. The highest BCUT2D eigenvalue weighted by Crippen LogP contribution is 2.37. The molecule has 0 saturated carbocycles. The summed E-state index contributed by atoms with van der Waals surface area (Å²) in [7, 11) is 1.32. The number of aryl methyl sites for hydroxylation is 2. The summed E-state index contributed by atoms with van der Waals surface area (Å²) < 4.78 is 10.0. The summed E-state index contributed by atoms with van der Waals surface area (Å²) in [4.78, 5) is 24.6. The molecule has 6 heteroatoms. The highest BCUT2D eigenvalue weighted by molar-refractivity contribution is 7.15. The number of benzene rings is 1. The summed E-state index contributed by atoms with van der Waals surface area (Å²) >= 11 is 1.28. The van der Waals surface area contributed by atoms with Crippen molar-refractivity contribution in [1.82, 2.24) is 0 Å². The Morgan fingerprint density at radius 1 is 1.16 bits per heavy atom. The Morgan fingerprint density at radius 3 is 2.60 bits per heavy atom. The van der Waals surface area contributed by atoms with Crippen LogP contribution in [0.1, 0.15) is 32.0 Å². The molecular formula is C19H17NO4S. The van der Waals surface area contributed by atoms with Gasteiger partial charge in [0.15, 0.2) is 5.76 Å². The number of esters is 1. The number of ether oxygens (including phenoxy) is 1. The second kappa shape index (κ2) is 6.94. The third kappa shape index (κ3) is 3.34. The molecule has 0 fully saturated rings. The number of furan rings is 1. The van der Waals surface area contributed by atoms with Crippen molar-refractivity contribution >= 4 is 28.2 Å². The maximum absolute atomic E-state index is 12.3. The zero-order valence-electron chi connectivity index (χ0n) is 14.1. The van der Waals surface area contributed by atoms with Gasteiger partial charge in [-0.1, -0.05) is 18.2 Å². The lowest BCUT2D eigenvalue weighted by molar-refractivity contribution is 0.0603. The number of methoxy groups -OCH3 is 1. The first-order valence-corrected chi connectivity index (χ1v) is 8.51. The maximum Gasteiger partial charge on any atom is 0.341 e. The SMILES string of the molecule is COC(=O)c1c(-c2ccc(C)c(C)c2)csc1NC(=O)c1ccco1. The van der Waals surface area contributed by atoms with E-state index in [0.29, 0.717) is 10.6 Å². The first-order chi connectivity index (χ1) is 12.0. The summed E-state index contributed by atoms with van der Waals surface area (Å²) in [5.41, 5.74) is 4.27. The first-order valence-electron chi connectivity index (χ1n) is 7.63. The van der Waals surface area contributed by atoms with Gasteiger partial charge in [-0.25, -0.2) is 4.79 Å². The van der Waals surface area contributed by atoms with Crippen molar-refractivity contribution in [2.45, 2.75) is 13.8 Å². The number of amides is 1. The second-order valence-corrected chi connectivity index (χ2v) is 6.46. The monoisotopic (exact) mass is 355 g/mol. The molecule has 128 valence electrons. The number of thiophene rings is 1. The highest BCUT2D eigenvalue weighted by atomic mass is 32.1. The van der Waals surface area contributed by atoms with Crippen molar-refractivity contribution in [3.63, 3.8) is 0 Å². The lowest BCUT2D eigenvalue weighted by Gasteiger charge is -2.08. The number of rotatable bonds is 4. The van der Waals surface area contributed by atoms with Gasteiger partial charge < -0.3 is 14.5 Å². The summed E-state index contributed by atoms with van der Waals surface area (Å²) in [6.07, 6.45) is 1.42. The van der Waals surface area contributed by atoms with Crippen LogP contribution >= 0.6 is 11.3 Å². The maximum atomic E-state index is 12.3. The van der Waals surface area contributed by atoms with Crippen molar-refractivity contribution in [3.8, 4) is 11.1 Å². The number of carbonyl (C=O) groups is 2. The van der Waals surface area contributed by atoms with Crippen LogP contribution in [0, 0.1) is 13.8 Å². The molecule has 1 N–H and O–H groups in total. The topological polar surface area (TPSA) is 68.5 Å². The van der Waals surface area contributed by atoms with Gasteiger partial charge in [0, 0.05) is 10.9 Å². The molecule has 0 spiro atoms. The molecule has 3 rings (SSSR count). The first kappa shape index (κ1) is 17.0. The van der Waals surface area contributed by atoms with E-state index < -0.39 is 11.9 Å². The molecule has 3 aromatic rings. The summed E-state index contributed by atoms with van der Waals surface area (Å²) in [5, 5.41) is 5.00. The molecule has 0 saturated heterocycles. The average molecular weight is 355 g/mol. The molecule has 0 atom stereocenters. The molecule has 1 amide bonds. The molecule has 0 bridgehead atoms. The zero-order chi connectivity index (χ0) is 18.0. The standard InChI is InChI=1S/C19H17NO4S/c1-11-6-7-13(9-12(11)2)14-10-25-18(16(14)19(22)23-3)20-17(21)15-5-4-8-24-15/h4-10H,1-3H3,(H,20,21). The van der Waals surface area contributed by atoms with Gasteiger partial charge in [0.1, 0.15) is 10.6 Å². The smallest absolute Gasteiger partial charge is 0.341 e. The van der Waals surface area contributed by atoms with Gasteiger partial charge in [-0.3, -0.25) is 4.79 Å². The van der Waals surface area contributed by atoms with Crippen molar-refractivity contribution in [2.24, 2.45) is 0 Å². The van der Waals surface area contributed by atoms with Crippen LogP contribution in [0.5, 0.6) is 0 Å². The van der Waals surface area contributed by atoms with Crippen LogP contribution in [-0.4, -0.2) is 19.0 Å². The van der Waals surface area contributed by atoms with E-state index >= 15 is 0 Å². The van der Waals surface area contributed by atoms with Crippen LogP contribution in [0.4, 0.5) is 5.00 Å². The van der Waals surface area contributed by atoms with Crippen molar-refractivity contribution in [1.29, 1.82) is 0 Å². The normalized spacial score (nSPS) is 10.5. The number of hydrogen-bond acceptors (Lipinski definition) is 5. The molecule has 0 aliphatic carbocycles. The van der Waals surface area contributed by atoms with Crippen LogP contribution in [0.3, 0.4) is 0 Å². The van der Waals surface area contributed by atoms with E-state index in [0.717, 1.165) is 16.7 Å². The van der Waals surface area contributed by atoms with Gasteiger partial charge in [0.05, 0.1) is 13.4 Å². The molecule has 25 heavy (non-hydrogen) atoms. The molecular weight excluding hydrogens is 338 g/mol. The molecule has 0 aliphatic heterocycles. The Hall–Kier alpha value is -2.86. The minimum Gasteiger partial charge on any atom is -0.465 e. The van der Waals surface area contributed by atoms with Crippen LogP contribution in [-0.2, 0) is 4.74 Å². The fourth-order valence-electron chi connectivity index (χ4n) is 2.45.